The van der Waals surface area contributed by atoms with Crippen LogP contribution in [0.2, 0.25) is 0 Å². The smallest absolute Gasteiger partial charge is 0.352 e. The lowest BCUT2D eigenvalue weighted by Crippen LogP contribution is -2.64. The molecule has 0 unspecified atom stereocenters. The Morgan fingerprint density at radius 3 is 2.83 bits per heavy atom. The highest BCUT2D eigenvalue weighted by molar-refractivity contribution is 8.00. The molecule has 3 rings (SSSR count). The zero-order valence-corrected chi connectivity index (χ0v) is 12.7. The molecule has 2 aliphatic heterocycles. The Morgan fingerprint density at radius 1 is 1.43 bits per heavy atom. The molecule has 0 bridgehead atoms. The second kappa shape index (κ2) is 6.05. The van der Waals surface area contributed by atoms with Gasteiger partial charge in [0.25, 0.3) is 5.91 Å². The van der Waals surface area contributed by atoms with Crippen LogP contribution in [0.4, 0.5) is 0 Å². The van der Waals surface area contributed by atoms with E-state index in [9.17, 15) is 24.9 Å². The van der Waals surface area contributed by atoms with Crippen molar-refractivity contribution in [2.24, 2.45) is 4.99 Å². The molecule has 2 atom stereocenters. The summed E-state index contributed by atoms with van der Waals surface area (Å²) in [6, 6.07) is 5.92. The fraction of sp³-hybridized carbons (Fsp3) is 0.267. The summed E-state index contributed by atoms with van der Waals surface area (Å²) in [5.41, 5.74) is 0.676. The zero-order valence-electron chi connectivity index (χ0n) is 11.9. The summed E-state index contributed by atoms with van der Waals surface area (Å²) in [7, 11) is 0. The number of fused-ring (bicyclic) bond motifs is 1. The fourth-order valence-corrected chi connectivity index (χ4v) is 3.87. The van der Waals surface area contributed by atoms with E-state index in [-0.39, 0.29) is 11.4 Å². The molecular weight excluding hydrogens is 320 g/mol. The average molecular weight is 334 g/mol. The topological polar surface area (TPSA) is 110 Å². The highest BCUT2D eigenvalue weighted by atomic mass is 32.2. The van der Waals surface area contributed by atoms with Gasteiger partial charge in [0.15, 0.2) is 6.04 Å². The van der Waals surface area contributed by atoms with E-state index in [0.717, 1.165) is 0 Å². The third-order valence-electron chi connectivity index (χ3n) is 3.72. The van der Waals surface area contributed by atoms with E-state index >= 15 is 0 Å². The maximum absolute atomic E-state index is 12.2. The van der Waals surface area contributed by atoms with Crippen molar-refractivity contribution in [1.82, 2.24) is 4.90 Å². The van der Waals surface area contributed by atoms with Gasteiger partial charge in [-0.1, -0.05) is 12.1 Å². The summed E-state index contributed by atoms with van der Waals surface area (Å²) in [5, 5.41) is 27.8. The molecule has 3 N–H and O–H groups in total. The molecule has 1 aromatic rings. The standard InChI is InChI=1S/C15H14N2O5S/c18-6-9-7-23-14-11(13(20)17(14)12(9)15(21)22)16-5-8-3-1-2-4-10(8)19/h1-5,11,14,18-19H,6-7H2,(H,21,22)/b16-5+/t11-,14-/m1/s1. The highest BCUT2D eigenvalue weighted by Gasteiger charge is 2.53. The van der Waals surface area contributed by atoms with Crippen molar-refractivity contribution >= 4 is 29.9 Å². The van der Waals surface area contributed by atoms with Gasteiger partial charge in [-0.15, -0.1) is 11.8 Å². The minimum Gasteiger partial charge on any atom is -0.507 e. The first kappa shape index (κ1) is 15.6. The molecule has 8 heteroatoms. The van der Waals surface area contributed by atoms with Gasteiger partial charge in [0.1, 0.15) is 16.8 Å². The van der Waals surface area contributed by atoms with Gasteiger partial charge in [-0.2, -0.15) is 0 Å². The summed E-state index contributed by atoms with van der Waals surface area (Å²) in [6.07, 6.45) is 1.42. The van der Waals surface area contributed by atoms with E-state index in [1.807, 2.05) is 0 Å². The third kappa shape index (κ3) is 2.60. The first-order valence-corrected chi connectivity index (χ1v) is 7.91. The number of amides is 1. The minimum atomic E-state index is -1.23. The number of carbonyl (C=O) groups excluding carboxylic acids is 1. The molecule has 1 amide bonds. The van der Waals surface area contributed by atoms with Crippen LogP contribution in [0.15, 0.2) is 40.5 Å². The van der Waals surface area contributed by atoms with Gasteiger partial charge in [-0.25, -0.2) is 4.79 Å². The number of phenols is 1. The molecule has 120 valence electrons. The van der Waals surface area contributed by atoms with E-state index in [1.165, 1.54) is 28.9 Å². The number of para-hydroxylation sites is 1. The second-order valence-electron chi connectivity index (χ2n) is 5.11. The third-order valence-corrected chi connectivity index (χ3v) is 5.05. The number of aliphatic carboxylic acids is 1. The Morgan fingerprint density at radius 2 is 2.17 bits per heavy atom. The van der Waals surface area contributed by atoms with E-state index in [1.54, 1.807) is 18.2 Å². The monoisotopic (exact) mass is 334 g/mol. The number of carboxylic acid groups (broad SMARTS) is 1. The number of thioether (sulfide) groups is 1. The highest BCUT2D eigenvalue weighted by Crippen LogP contribution is 2.41. The molecule has 0 radical (unpaired) electrons. The molecule has 1 aromatic carbocycles. The largest absolute Gasteiger partial charge is 0.507 e. The van der Waals surface area contributed by atoms with Gasteiger partial charge >= 0.3 is 5.97 Å². The lowest BCUT2D eigenvalue weighted by Gasteiger charge is -2.47. The molecule has 0 aliphatic carbocycles. The Bertz CT molecular complexity index is 730. The number of hydrogen-bond donors (Lipinski definition) is 3. The molecule has 2 heterocycles. The molecule has 23 heavy (non-hydrogen) atoms. The summed E-state index contributed by atoms with van der Waals surface area (Å²) in [4.78, 5) is 29.0. The lowest BCUT2D eigenvalue weighted by atomic mass is 10.0. The van der Waals surface area contributed by atoms with Crippen LogP contribution in [0.25, 0.3) is 0 Å². The molecule has 1 saturated heterocycles. The molecule has 0 aromatic heterocycles. The molecular formula is C15H14N2O5S. The summed E-state index contributed by atoms with van der Waals surface area (Å²) in [5.74, 6) is -1.24. The van der Waals surface area contributed by atoms with Crippen LogP contribution in [0, 0.1) is 0 Å². The first-order valence-electron chi connectivity index (χ1n) is 6.86. The van der Waals surface area contributed by atoms with Crippen molar-refractivity contribution in [2.45, 2.75) is 11.4 Å². The number of nitrogens with zero attached hydrogens (tertiary/aromatic N) is 2. The van der Waals surface area contributed by atoms with Crippen LogP contribution in [0.1, 0.15) is 5.56 Å². The quantitative estimate of drug-likeness (QED) is 0.544. The number of carboxylic acids is 1. The number of aliphatic hydroxyl groups is 1. The number of aliphatic imine (C=N–C) groups is 1. The molecule has 0 spiro atoms. The van der Waals surface area contributed by atoms with Crippen molar-refractivity contribution in [1.29, 1.82) is 0 Å². The van der Waals surface area contributed by atoms with E-state index in [2.05, 4.69) is 4.99 Å². The second-order valence-corrected chi connectivity index (χ2v) is 6.21. The van der Waals surface area contributed by atoms with Crippen LogP contribution >= 0.6 is 11.8 Å². The number of carbonyl (C=O) groups is 2. The minimum absolute atomic E-state index is 0.0601. The van der Waals surface area contributed by atoms with Crippen molar-refractivity contribution in [3.05, 3.63) is 41.1 Å². The van der Waals surface area contributed by atoms with Gasteiger partial charge in [0, 0.05) is 17.5 Å². The average Bonchev–Trinajstić information content (AvgIpc) is 2.55. The summed E-state index contributed by atoms with van der Waals surface area (Å²) in [6.45, 7) is -0.392. The predicted octanol–water partition coefficient (Wildman–Crippen LogP) is 0.426. The van der Waals surface area contributed by atoms with Crippen LogP contribution in [-0.4, -0.2) is 62.1 Å². The van der Waals surface area contributed by atoms with E-state index in [0.29, 0.717) is 16.9 Å². The van der Waals surface area contributed by atoms with Gasteiger partial charge in [-0.3, -0.25) is 14.7 Å². The number of benzene rings is 1. The molecule has 7 nitrogen and oxygen atoms in total. The Balaban J connectivity index is 1.83. The Kier molecular flexibility index (Phi) is 4.10. The van der Waals surface area contributed by atoms with Gasteiger partial charge in [0.2, 0.25) is 0 Å². The van der Waals surface area contributed by atoms with Crippen molar-refractivity contribution in [2.75, 3.05) is 12.4 Å². The lowest BCUT2D eigenvalue weighted by molar-refractivity contribution is -0.147. The number of rotatable bonds is 4. The fourth-order valence-electron chi connectivity index (χ4n) is 2.55. The maximum atomic E-state index is 12.2. The first-order chi connectivity index (χ1) is 11.0. The van der Waals surface area contributed by atoms with Crippen molar-refractivity contribution < 1.29 is 24.9 Å². The number of β-lactam (4-membered cyclic amide) rings is 1. The SMILES string of the molecule is O=C(O)C1=C(CO)CS[C@@H]2[C@H](/N=C/c3ccccc3O)C(=O)N12. The maximum Gasteiger partial charge on any atom is 0.352 e. The Labute approximate surface area is 135 Å². The van der Waals surface area contributed by atoms with Gasteiger partial charge in [-0.05, 0) is 17.7 Å². The predicted molar refractivity (Wildman–Crippen MR) is 84.3 cm³/mol. The van der Waals surface area contributed by atoms with Crippen molar-refractivity contribution in [3.8, 4) is 5.75 Å². The van der Waals surface area contributed by atoms with Crippen LogP contribution < -0.4 is 0 Å². The van der Waals surface area contributed by atoms with Gasteiger partial charge in [0.05, 0.1) is 6.61 Å². The van der Waals surface area contributed by atoms with Crippen LogP contribution in [-0.2, 0) is 9.59 Å². The molecule has 0 saturated carbocycles. The summed E-state index contributed by atoms with van der Waals surface area (Å²) < 4.78 is 0. The number of aliphatic hydroxyl groups excluding tert-OH is 1. The summed E-state index contributed by atoms with van der Waals surface area (Å²) >= 11 is 1.37. The van der Waals surface area contributed by atoms with Crippen LogP contribution in [0.3, 0.4) is 0 Å². The normalized spacial score (nSPS) is 23.9. The van der Waals surface area contributed by atoms with Crippen LogP contribution in [0.5, 0.6) is 5.75 Å². The van der Waals surface area contributed by atoms with E-state index in [4.69, 9.17) is 0 Å². The van der Waals surface area contributed by atoms with Gasteiger partial charge < -0.3 is 15.3 Å². The molecule has 2 aliphatic rings. The van der Waals surface area contributed by atoms with Crippen molar-refractivity contribution in [3.63, 3.8) is 0 Å². The molecule has 1 fully saturated rings. The zero-order chi connectivity index (χ0) is 16.6. The number of aromatic hydroxyl groups is 1. The number of phenolic OH excluding ortho intramolecular Hbond substituents is 1. The van der Waals surface area contributed by atoms with E-state index < -0.39 is 29.9 Å². The Hall–Kier alpha value is -2.32. The number of hydrogen-bond acceptors (Lipinski definition) is 6.